The fourth-order valence-corrected chi connectivity index (χ4v) is 2.58. The highest BCUT2D eigenvalue weighted by molar-refractivity contribution is 5.90. The molecule has 1 amide bonds. The van der Waals surface area contributed by atoms with Crippen molar-refractivity contribution in [1.82, 2.24) is 20.1 Å². The highest BCUT2D eigenvalue weighted by Gasteiger charge is 2.25. The molecule has 8 nitrogen and oxygen atoms in total. The lowest BCUT2D eigenvalue weighted by atomic mass is 9.98. The molecule has 0 fully saturated rings. The summed E-state index contributed by atoms with van der Waals surface area (Å²) in [5, 5.41) is 6.23. The maximum atomic E-state index is 12.4. The molecule has 3 N–H and O–H groups in total. The zero-order valence-electron chi connectivity index (χ0n) is 12.4. The third-order valence-electron chi connectivity index (χ3n) is 3.71. The first-order valence-electron chi connectivity index (χ1n) is 6.83. The monoisotopic (exact) mass is 303 g/mol. The molecule has 0 atom stereocenters. The van der Waals surface area contributed by atoms with Gasteiger partial charge in [0.15, 0.2) is 11.5 Å². The summed E-state index contributed by atoms with van der Waals surface area (Å²) in [6.45, 7) is 1.08. The van der Waals surface area contributed by atoms with Crippen molar-refractivity contribution in [3.8, 4) is 11.5 Å². The molecule has 116 valence electrons. The first-order valence-corrected chi connectivity index (χ1v) is 6.83. The molecule has 8 heteroatoms. The number of aromatic nitrogens is 3. The summed E-state index contributed by atoms with van der Waals surface area (Å²) in [6, 6.07) is 3.87. The van der Waals surface area contributed by atoms with Crippen molar-refractivity contribution in [2.24, 2.45) is 0 Å². The van der Waals surface area contributed by atoms with Crippen molar-refractivity contribution >= 4 is 11.9 Å². The van der Waals surface area contributed by atoms with E-state index in [-0.39, 0.29) is 17.7 Å². The van der Waals surface area contributed by atoms with Gasteiger partial charge in [-0.05, 0) is 29.7 Å². The van der Waals surface area contributed by atoms with E-state index in [2.05, 4.69) is 15.2 Å². The fraction of sp³-hybridized carbons (Fsp3) is 0.357. The van der Waals surface area contributed by atoms with Crippen LogP contribution in [-0.4, -0.2) is 46.8 Å². The summed E-state index contributed by atoms with van der Waals surface area (Å²) in [6.07, 6.45) is 0.741. The molecular weight excluding hydrogens is 286 g/mol. The van der Waals surface area contributed by atoms with Crippen LogP contribution >= 0.6 is 0 Å². The zero-order chi connectivity index (χ0) is 15.7. The highest BCUT2D eigenvalue weighted by Crippen LogP contribution is 2.33. The lowest BCUT2D eigenvalue weighted by molar-refractivity contribution is 0.0722. The van der Waals surface area contributed by atoms with Crippen LogP contribution < -0.4 is 15.2 Å². The molecule has 3 rings (SSSR count). The SMILES string of the molecule is COc1cc2c(cc1OC)CN(C(=O)c1nc(N)n[nH]1)CC2. The van der Waals surface area contributed by atoms with Gasteiger partial charge in [-0.3, -0.25) is 9.89 Å². The van der Waals surface area contributed by atoms with Crippen molar-refractivity contribution in [3.05, 3.63) is 29.1 Å². The van der Waals surface area contributed by atoms with E-state index in [1.807, 2.05) is 12.1 Å². The molecule has 0 saturated heterocycles. The Labute approximate surface area is 127 Å². The predicted octanol–water partition coefficient (Wildman–Crippen LogP) is 0.603. The number of anilines is 1. The number of nitrogen functional groups attached to an aromatic ring is 1. The van der Waals surface area contributed by atoms with Crippen LogP contribution in [0.4, 0.5) is 5.95 Å². The number of nitrogens with two attached hydrogens (primary N) is 1. The van der Waals surface area contributed by atoms with Crippen LogP contribution in [-0.2, 0) is 13.0 Å². The van der Waals surface area contributed by atoms with Crippen LogP contribution in [0.2, 0.25) is 0 Å². The van der Waals surface area contributed by atoms with E-state index in [4.69, 9.17) is 15.2 Å². The molecular formula is C14H17N5O3. The molecule has 2 heterocycles. The molecule has 0 aliphatic carbocycles. The van der Waals surface area contributed by atoms with E-state index in [1.165, 1.54) is 0 Å². The zero-order valence-corrected chi connectivity index (χ0v) is 12.4. The van der Waals surface area contributed by atoms with Crippen molar-refractivity contribution in [1.29, 1.82) is 0 Å². The molecule has 22 heavy (non-hydrogen) atoms. The number of benzene rings is 1. The molecule has 1 aromatic carbocycles. The van der Waals surface area contributed by atoms with E-state index >= 15 is 0 Å². The molecule has 2 aromatic rings. The Bertz CT molecular complexity index is 712. The van der Waals surface area contributed by atoms with Gasteiger partial charge in [-0.2, -0.15) is 4.98 Å². The van der Waals surface area contributed by atoms with Gasteiger partial charge in [-0.15, -0.1) is 5.10 Å². The average Bonchev–Trinajstić information content (AvgIpc) is 2.98. The number of fused-ring (bicyclic) bond motifs is 1. The van der Waals surface area contributed by atoms with Crippen molar-refractivity contribution in [3.63, 3.8) is 0 Å². The predicted molar refractivity (Wildman–Crippen MR) is 78.8 cm³/mol. The third kappa shape index (κ3) is 2.43. The van der Waals surface area contributed by atoms with Crippen LogP contribution in [0.1, 0.15) is 21.7 Å². The molecule has 0 spiro atoms. The Hall–Kier alpha value is -2.77. The summed E-state index contributed by atoms with van der Waals surface area (Å²) < 4.78 is 10.6. The molecule has 0 saturated carbocycles. The van der Waals surface area contributed by atoms with Crippen LogP contribution in [0.25, 0.3) is 0 Å². The minimum absolute atomic E-state index is 0.0622. The third-order valence-corrected chi connectivity index (χ3v) is 3.71. The number of rotatable bonds is 3. The number of H-pyrrole nitrogens is 1. The van der Waals surface area contributed by atoms with Gasteiger partial charge in [-0.1, -0.05) is 0 Å². The Kier molecular flexibility index (Phi) is 3.58. The Morgan fingerprint density at radius 1 is 1.27 bits per heavy atom. The minimum Gasteiger partial charge on any atom is -0.493 e. The smallest absolute Gasteiger partial charge is 0.291 e. The molecule has 1 aliphatic rings. The van der Waals surface area contributed by atoms with E-state index in [0.29, 0.717) is 24.6 Å². The first-order chi connectivity index (χ1) is 10.6. The molecule has 1 aromatic heterocycles. The topological polar surface area (TPSA) is 106 Å². The Balaban J connectivity index is 1.85. The van der Waals surface area contributed by atoms with E-state index in [1.54, 1.807) is 19.1 Å². The molecule has 0 bridgehead atoms. The van der Waals surface area contributed by atoms with E-state index in [0.717, 1.165) is 17.5 Å². The molecule has 0 unspecified atom stereocenters. The van der Waals surface area contributed by atoms with Gasteiger partial charge >= 0.3 is 0 Å². The fourth-order valence-electron chi connectivity index (χ4n) is 2.58. The number of ether oxygens (including phenoxy) is 2. The first kappa shape index (κ1) is 14.2. The van der Waals surface area contributed by atoms with Gasteiger partial charge in [0, 0.05) is 13.1 Å². The van der Waals surface area contributed by atoms with E-state index in [9.17, 15) is 4.79 Å². The van der Waals surface area contributed by atoms with Crippen LogP contribution in [0.15, 0.2) is 12.1 Å². The maximum absolute atomic E-state index is 12.4. The average molecular weight is 303 g/mol. The number of hydrogen-bond donors (Lipinski definition) is 2. The number of aromatic amines is 1. The van der Waals surface area contributed by atoms with Gasteiger partial charge in [0.1, 0.15) is 0 Å². The lowest BCUT2D eigenvalue weighted by Gasteiger charge is -2.28. The number of carbonyl (C=O) groups is 1. The summed E-state index contributed by atoms with van der Waals surface area (Å²) >= 11 is 0. The van der Waals surface area contributed by atoms with Gasteiger partial charge in [-0.25, -0.2) is 0 Å². The summed E-state index contributed by atoms with van der Waals surface area (Å²) in [5.41, 5.74) is 7.62. The normalized spacial score (nSPS) is 13.6. The van der Waals surface area contributed by atoms with Crippen molar-refractivity contribution in [2.75, 3.05) is 26.5 Å². The number of nitrogens with one attached hydrogen (secondary N) is 1. The second kappa shape index (κ2) is 5.55. The standard InChI is InChI=1S/C14H17N5O3/c1-21-10-5-8-3-4-19(7-9(8)6-11(10)22-2)13(20)12-16-14(15)18-17-12/h5-6H,3-4,7H2,1-2H3,(H3,15,16,17,18). The number of amides is 1. The molecule has 0 radical (unpaired) electrons. The number of carbonyl (C=O) groups excluding carboxylic acids is 1. The lowest BCUT2D eigenvalue weighted by Crippen LogP contribution is -2.36. The van der Waals surface area contributed by atoms with Crippen LogP contribution in [0.3, 0.4) is 0 Å². The molecule has 1 aliphatic heterocycles. The van der Waals surface area contributed by atoms with Crippen molar-refractivity contribution in [2.45, 2.75) is 13.0 Å². The number of hydrogen-bond acceptors (Lipinski definition) is 6. The highest BCUT2D eigenvalue weighted by atomic mass is 16.5. The van der Waals surface area contributed by atoms with E-state index < -0.39 is 0 Å². The van der Waals surface area contributed by atoms with Gasteiger partial charge in [0.2, 0.25) is 11.8 Å². The van der Waals surface area contributed by atoms with Gasteiger partial charge in [0.05, 0.1) is 14.2 Å². The summed E-state index contributed by atoms with van der Waals surface area (Å²) in [5.74, 6) is 1.35. The maximum Gasteiger partial charge on any atom is 0.291 e. The number of methoxy groups -OCH3 is 2. The van der Waals surface area contributed by atoms with Crippen molar-refractivity contribution < 1.29 is 14.3 Å². The second-order valence-electron chi connectivity index (χ2n) is 4.99. The Morgan fingerprint density at radius 3 is 2.55 bits per heavy atom. The summed E-state index contributed by atoms with van der Waals surface area (Å²) in [7, 11) is 3.20. The second-order valence-corrected chi connectivity index (χ2v) is 4.99. The summed E-state index contributed by atoms with van der Waals surface area (Å²) in [4.78, 5) is 18.0. The van der Waals surface area contributed by atoms with Crippen LogP contribution in [0, 0.1) is 0 Å². The largest absolute Gasteiger partial charge is 0.493 e. The van der Waals surface area contributed by atoms with Gasteiger partial charge < -0.3 is 20.1 Å². The quantitative estimate of drug-likeness (QED) is 0.860. The van der Waals surface area contributed by atoms with Gasteiger partial charge in [0.25, 0.3) is 5.91 Å². The van der Waals surface area contributed by atoms with Crippen LogP contribution in [0.5, 0.6) is 11.5 Å². The minimum atomic E-state index is -0.218. The Morgan fingerprint density at radius 2 is 1.95 bits per heavy atom. The number of nitrogens with zero attached hydrogens (tertiary/aromatic N) is 3.